The van der Waals surface area contributed by atoms with Crippen molar-refractivity contribution in [1.29, 1.82) is 0 Å². The van der Waals surface area contributed by atoms with Crippen LogP contribution in [-0.2, 0) is 10.3 Å². The largest absolute Gasteiger partial charge is 0.356 e. The molecule has 1 N–H and O–H groups in total. The summed E-state index contributed by atoms with van der Waals surface area (Å²) in [6, 6.07) is 15.9. The number of hydrogen-bond acceptors (Lipinski definition) is 2. The number of rotatable bonds is 0. The van der Waals surface area contributed by atoms with Crippen molar-refractivity contribution < 1.29 is 9.59 Å². The molecule has 0 saturated carbocycles. The number of nitrogens with one attached hydrogen (secondary N) is 1. The number of fused-ring (bicyclic) bond motifs is 4. The predicted molar refractivity (Wildman–Crippen MR) is 86.4 cm³/mol. The smallest absolute Gasteiger partial charge is 0.259 e. The van der Waals surface area contributed by atoms with E-state index in [0.29, 0.717) is 13.0 Å². The molecule has 4 nitrogen and oxygen atoms in total. The molecule has 2 aromatic carbocycles. The second-order valence-corrected chi connectivity index (χ2v) is 6.53. The zero-order valence-corrected chi connectivity index (χ0v) is 12.6. The highest BCUT2D eigenvalue weighted by Crippen LogP contribution is 2.60. The van der Waals surface area contributed by atoms with Crippen molar-refractivity contribution in [2.45, 2.75) is 24.3 Å². The van der Waals surface area contributed by atoms with Gasteiger partial charge in [0.05, 0.1) is 5.54 Å². The van der Waals surface area contributed by atoms with E-state index < -0.39 is 5.54 Å². The molecular weight excluding hydrogens is 288 g/mol. The van der Waals surface area contributed by atoms with Gasteiger partial charge in [-0.2, -0.15) is 0 Å². The van der Waals surface area contributed by atoms with Crippen LogP contribution in [0.2, 0.25) is 0 Å². The summed E-state index contributed by atoms with van der Waals surface area (Å²) in [6.45, 7) is 0.599. The quantitative estimate of drug-likeness (QED) is 0.813. The standard InChI is InChI=1S/C19H16N2O2/c22-17-11-15-12-5-2-4-8-16(12)21-18(23)13-6-1-3-7-14(13)19(15,21)9-10-20-17/h1-8,15H,9-11H2,(H,20,22)/t15-,19+/m0/s1. The molecule has 2 amide bonds. The van der Waals surface area contributed by atoms with Crippen LogP contribution in [0.4, 0.5) is 5.69 Å². The Balaban J connectivity index is 1.84. The summed E-state index contributed by atoms with van der Waals surface area (Å²) in [5.74, 6) is 0.152. The molecule has 0 bridgehead atoms. The lowest BCUT2D eigenvalue weighted by Gasteiger charge is -2.36. The molecule has 0 aromatic heterocycles. The van der Waals surface area contributed by atoms with E-state index in [1.807, 2.05) is 41.3 Å². The van der Waals surface area contributed by atoms with E-state index in [0.717, 1.165) is 28.8 Å². The number of hydrogen-bond donors (Lipinski definition) is 1. The van der Waals surface area contributed by atoms with Gasteiger partial charge in [-0.1, -0.05) is 36.4 Å². The number of carbonyl (C=O) groups excluding carboxylic acids is 2. The van der Waals surface area contributed by atoms with Crippen molar-refractivity contribution in [2.24, 2.45) is 0 Å². The van der Waals surface area contributed by atoms with Gasteiger partial charge in [-0.3, -0.25) is 14.5 Å². The van der Waals surface area contributed by atoms with Crippen LogP contribution in [0.25, 0.3) is 0 Å². The molecule has 2 atom stereocenters. The number of para-hydroxylation sites is 1. The predicted octanol–water partition coefficient (Wildman–Crippen LogP) is 2.55. The fourth-order valence-electron chi connectivity index (χ4n) is 4.73. The van der Waals surface area contributed by atoms with Crippen LogP contribution in [0.5, 0.6) is 0 Å². The average molecular weight is 304 g/mol. The van der Waals surface area contributed by atoms with Gasteiger partial charge in [0.15, 0.2) is 0 Å². The van der Waals surface area contributed by atoms with Gasteiger partial charge in [0.25, 0.3) is 5.91 Å². The molecule has 2 aromatic rings. The topological polar surface area (TPSA) is 49.4 Å². The van der Waals surface area contributed by atoms with Crippen molar-refractivity contribution in [2.75, 3.05) is 11.4 Å². The molecule has 0 aliphatic carbocycles. The SMILES string of the molecule is O=C1C[C@H]2c3ccccc3N3C(=O)c4ccccc4[C@]23CCN1. The van der Waals surface area contributed by atoms with E-state index in [-0.39, 0.29) is 17.7 Å². The van der Waals surface area contributed by atoms with E-state index in [4.69, 9.17) is 0 Å². The highest BCUT2D eigenvalue weighted by atomic mass is 16.2. The Morgan fingerprint density at radius 3 is 2.74 bits per heavy atom. The van der Waals surface area contributed by atoms with Crippen molar-refractivity contribution >= 4 is 17.5 Å². The maximum atomic E-state index is 13.1. The van der Waals surface area contributed by atoms with Gasteiger partial charge >= 0.3 is 0 Å². The molecule has 23 heavy (non-hydrogen) atoms. The summed E-state index contributed by atoms with van der Waals surface area (Å²) in [7, 11) is 0. The first-order chi connectivity index (χ1) is 11.2. The molecule has 3 aliphatic heterocycles. The summed E-state index contributed by atoms with van der Waals surface area (Å²) in [4.78, 5) is 27.3. The third-order valence-corrected chi connectivity index (χ3v) is 5.57. The molecule has 1 fully saturated rings. The van der Waals surface area contributed by atoms with Crippen LogP contribution in [0.1, 0.15) is 40.2 Å². The zero-order chi connectivity index (χ0) is 15.6. The number of amides is 2. The van der Waals surface area contributed by atoms with Gasteiger partial charge < -0.3 is 5.32 Å². The summed E-state index contributed by atoms with van der Waals surface area (Å²) in [6.07, 6.45) is 1.18. The maximum absolute atomic E-state index is 13.1. The van der Waals surface area contributed by atoms with Crippen LogP contribution in [-0.4, -0.2) is 18.4 Å². The van der Waals surface area contributed by atoms with Crippen LogP contribution in [0.15, 0.2) is 48.5 Å². The Morgan fingerprint density at radius 2 is 1.83 bits per heavy atom. The molecule has 5 rings (SSSR count). The van der Waals surface area contributed by atoms with Gasteiger partial charge in [-0.05, 0) is 29.7 Å². The fourth-order valence-corrected chi connectivity index (χ4v) is 4.73. The van der Waals surface area contributed by atoms with Crippen molar-refractivity contribution in [3.8, 4) is 0 Å². The van der Waals surface area contributed by atoms with Crippen LogP contribution in [0.3, 0.4) is 0 Å². The Morgan fingerprint density at radius 1 is 1.04 bits per heavy atom. The number of nitrogens with zero attached hydrogens (tertiary/aromatic N) is 1. The monoisotopic (exact) mass is 304 g/mol. The summed E-state index contributed by atoms with van der Waals surface area (Å²) in [5, 5.41) is 2.98. The number of benzene rings is 2. The first-order valence-electron chi connectivity index (χ1n) is 8.03. The van der Waals surface area contributed by atoms with E-state index in [1.54, 1.807) is 0 Å². The molecule has 114 valence electrons. The zero-order valence-electron chi connectivity index (χ0n) is 12.6. The van der Waals surface area contributed by atoms with E-state index >= 15 is 0 Å². The van der Waals surface area contributed by atoms with Gasteiger partial charge in [0.2, 0.25) is 5.91 Å². The van der Waals surface area contributed by atoms with Gasteiger partial charge in [-0.15, -0.1) is 0 Å². The second-order valence-electron chi connectivity index (χ2n) is 6.53. The molecule has 3 aliphatic rings. The normalized spacial score (nSPS) is 27.7. The Labute approximate surface area is 134 Å². The fraction of sp³-hybridized carbons (Fsp3) is 0.263. The molecular formula is C19H16N2O2. The summed E-state index contributed by atoms with van der Waals surface area (Å²) >= 11 is 0. The van der Waals surface area contributed by atoms with E-state index in [9.17, 15) is 9.59 Å². The Kier molecular flexibility index (Phi) is 2.36. The Hall–Kier alpha value is -2.62. The minimum absolute atomic E-state index is 0.0220. The summed E-state index contributed by atoms with van der Waals surface area (Å²) < 4.78 is 0. The molecule has 4 heteroatoms. The highest BCUT2D eigenvalue weighted by molar-refractivity contribution is 6.14. The van der Waals surface area contributed by atoms with Crippen LogP contribution < -0.4 is 10.2 Å². The number of carbonyl (C=O) groups is 2. The first kappa shape index (κ1) is 12.9. The second kappa shape index (κ2) is 4.22. The molecule has 0 radical (unpaired) electrons. The lowest BCUT2D eigenvalue weighted by atomic mass is 9.74. The Bertz CT molecular complexity index is 860. The van der Waals surface area contributed by atoms with Gasteiger partial charge in [0.1, 0.15) is 0 Å². The van der Waals surface area contributed by atoms with E-state index in [2.05, 4.69) is 17.4 Å². The van der Waals surface area contributed by atoms with Gasteiger partial charge in [-0.25, -0.2) is 0 Å². The minimum atomic E-state index is -0.420. The maximum Gasteiger partial charge on any atom is 0.259 e. The number of anilines is 1. The van der Waals surface area contributed by atoms with Crippen LogP contribution in [0, 0.1) is 0 Å². The molecule has 1 spiro atoms. The van der Waals surface area contributed by atoms with Gasteiger partial charge in [0, 0.05) is 30.1 Å². The highest BCUT2D eigenvalue weighted by Gasteiger charge is 2.60. The van der Waals surface area contributed by atoms with Crippen molar-refractivity contribution in [1.82, 2.24) is 5.32 Å². The molecule has 3 heterocycles. The lowest BCUT2D eigenvalue weighted by molar-refractivity contribution is -0.121. The lowest BCUT2D eigenvalue weighted by Crippen LogP contribution is -2.44. The third-order valence-electron chi connectivity index (χ3n) is 5.57. The minimum Gasteiger partial charge on any atom is -0.356 e. The summed E-state index contributed by atoms with van der Waals surface area (Å²) in [5.41, 5.74) is 3.51. The van der Waals surface area contributed by atoms with Crippen molar-refractivity contribution in [3.05, 3.63) is 65.2 Å². The molecule has 0 unspecified atom stereocenters. The first-order valence-corrected chi connectivity index (χ1v) is 8.03. The van der Waals surface area contributed by atoms with E-state index in [1.165, 1.54) is 0 Å². The molecule has 1 saturated heterocycles. The van der Waals surface area contributed by atoms with Crippen molar-refractivity contribution in [3.63, 3.8) is 0 Å². The average Bonchev–Trinajstić information content (AvgIpc) is 2.90. The third kappa shape index (κ3) is 1.41. The van der Waals surface area contributed by atoms with Crippen LogP contribution >= 0.6 is 0 Å².